The smallest absolute Gasteiger partial charge is 0.202 e. The molecule has 0 aliphatic heterocycles. The number of aryl methyl sites for hydroxylation is 1. The second-order valence-electron chi connectivity index (χ2n) is 4.12. The second kappa shape index (κ2) is 4.64. The van der Waals surface area contributed by atoms with Crippen LogP contribution in [0.25, 0.3) is 22.5 Å². The minimum absolute atomic E-state index is 0.340. The van der Waals surface area contributed by atoms with Crippen LogP contribution in [0.1, 0.15) is 12.1 Å². The van der Waals surface area contributed by atoms with Crippen molar-refractivity contribution in [2.75, 3.05) is 6.67 Å². The summed E-state index contributed by atoms with van der Waals surface area (Å²) in [6.07, 6.45) is 1.05. The number of halogens is 1. The van der Waals surface area contributed by atoms with Crippen molar-refractivity contribution >= 4 is 11.0 Å². The van der Waals surface area contributed by atoms with E-state index in [1.807, 2.05) is 30.3 Å². The highest BCUT2D eigenvalue weighted by molar-refractivity contribution is 5.81. The standard InChI is InChI=1S/C14H12FNO2/c15-7-3-5-11-9-14(18-16-11)13-8-10-4-1-2-6-12(10)17-13/h1-2,4,6,8-9H,3,5,7H2. The van der Waals surface area contributed by atoms with E-state index in [1.165, 1.54) is 0 Å². The third kappa shape index (κ3) is 2.01. The highest BCUT2D eigenvalue weighted by atomic mass is 19.1. The van der Waals surface area contributed by atoms with E-state index >= 15 is 0 Å². The van der Waals surface area contributed by atoms with Gasteiger partial charge < -0.3 is 8.94 Å². The molecule has 0 aliphatic rings. The molecule has 0 aliphatic carbocycles. The Morgan fingerprint density at radius 2 is 2.00 bits per heavy atom. The van der Waals surface area contributed by atoms with Crippen molar-refractivity contribution in [2.24, 2.45) is 0 Å². The number of nitrogens with zero attached hydrogens (tertiary/aromatic N) is 1. The van der Waals surface area contributed by atoms with Gasteiger partial charge in [-0.25, -0.2) is 0 Å². The average Bonchev–Trinajstić information content (AvgIpc) is 3.02. The van der Waals surface area contributed by atoms with E-state index < -0.39 is 0 Å². The Morgan fingerprint density at radius 1 is 1.11 bits per heavy atom. The van der Waals surface area contributed by atoms with Gasteiger partial charge in [0.1, 0.15) is 5.58 Å². The van der Waals surface area contributed by atoms with Gasteiger partial charge in [-0.15, -0.1) is 0 Å². The monoisotopic (exact) mass is 245 g/mol. The summed E-state index contributed by atoms with van der Waals surface area (Å²) in [7, 11) is 0. The van der Waals surface area contributed by atoms with E-state index in [1.54, 1.807) is 6.07 Å². The van der Waals surface area contributed by atoms with Crippen LogP contribution in [-0.2, 0) is 6.42 Å². The van der Waals surface area contributed by atoms with Gasteiger partial charge in [0.05, 0.1) is 12.4 Å². The summed E-state index contributed by atoms with van der Waals surface area (Å²) in [6.45, 7) is -0.340. The number of alkyl halides is 1. The summed E-state index contributed by atoms with van der Waals surface area (Å²) in [5.41, 5.74) is 1.57. The molecule has 0 saturated carbocycles. The number of hydrogen-bond acceptors (Lipinski definition) is 3. The third-order valence-corrected chi connectivity index (χ3v) is 2.79. The number of benzene rings is 1. The van der Waals surface area contributed by atoms with Crippen molar-refractivity contribution in [1.29, 1.82) is 0 Å². The maximum Gasteiger partial charge on any atom is 0.202 e. The molecule has 1 aromatic carbocycles. The van der Waals surface area contributed by atoms with E-state index in [0.717, 1.165) is 16.7 Å². The van der Waals surface area contributed by atoms with Crippen LogP contribution in [0.4, 0.5) is 4.39 Å². The molecule has 3 aromatic rings. The molecule has 0 amide bonds. The van der Waals surface area contributed by atoms with Gasteiger partial charge in [-0.2, -0.15) is 0 Å². The number of rotatable bonds is 4. The normalized spacial score (nSPS) is 11.2. The molecule has 0 N–H and O–H groups in total. The van der Waals surface area contributed by atoms with E-state index in [9.17, 15) is 4.39 Å². The SMILES string of the molecule is FCCCc1cc(-c2cc3ccccc3o2)on1. The Bertz CT molecular complexity index is 623. The Kier molecular flexibility index (Phi) is 2.84. The number of aromatic nitrogens is 1. The molecule has 0 saturated heterocycles. The summed E-state index contributed by atoms with van der Waals surface area (Å²) in [5, 5.41) is 4.92. The number of furan rings is 1. The fraction of sp³-hybridized carbons (Fsp3) is 0.214. The van der Waals surface area contributed by atoms with Crippen LogP contribution in [-0.4, -0.2) is 11.8 Å². The first kappa shape index (κ1) is 11.0. The molecule has 2 aromatic heterocycles. The van der Waals surface area contributed by atoms with Gasteiger partial charge in [0.2, 0.25) is 5.76 Å². The van der Waals surface area contributed by atoms with Crippen molar-refractivity contribution < 1.29 is 13.3 Å². The van der Waals surface area contributed by atoms with Gasteiger partial charge in [0.25, 0.3) is 0 Å². The minimum atomic E-state index is -0.340. The lowest BCUT2D eigenvalue weighted by atomic mass is 10.2. The average molecular weight is 245 g/mol. The van der Waals surface area contributed by atoms with Crippen LogP contribution in [0.5, 0.6) is 0 Å². The van der Waals surface area contributed by atoms with E-state index in [0.29, 0.717) is 24.4 Å². The third-order valence-electron chi connectivity index (χ3n) is 2.79. The van der Waals surface area contributed by atoms with Crippen LogP contribution in [0.15, 0.2) is 45.3 Å². The number of para-hydroxylation sites is 1. The summed E-state index contributed by atoms with van der Waals surface area (Å²) in [6, 6.07) is 11.5. The van der Waals surface area contributed by atoms with Crippen LogP contribution < -0.4 is 0 Å². The lowest BCUT2D eigenvalue weighted by Gasteiger charge is -1.87. The topological polar surface area (TPSA) is 39.2 Å². The minimum Gasteiger partial charge on any atom is -0.453 e. The zero-order chi connectivity index (χ0) is 12.4. The van der Waals surface area contributed by atoms with Crippen LogP contribution in [0.2, 0.25) is 0 Å². The molecule has 0 atom stereocenters. The zero-order valence-electron chi connectivity index (χ0n) is 9.73. The molecule has 3 rings (SSSR count). The maximum absolute atomic E-state index is 12.1. The van der Waals surface area contributed by atoms with Crippen LogP contribution in [0, 0.1) is 0 Å². The van der Waals surface area contributed by atoms with Gasteiger partial charge in [-0.3, -0.25) is 4.39 Å². The fourth-order valence-electron chi connectivity index (χ4n) is 1.90. The van der Waals surface area contributed by atoms with E-state index in [4.69, 9.17) is 8.94 Å². The van der Waals surface area contributed by atoms with Gasteiger partial charge >= 0.3 is 0 Å². The van der Waals surface area contributed by atoms with Crippen molar-refractivity contribution in [1.82, 2.24) is 5.16 Å². The lowest BCUT2D eigenvalue weighted by molar-refractivity contribution is 0.408. The Hall–Kier alpha value is -2.10. The van der Waals surface area contributed by atoms with E-state index in [2.05, 4.69) is 5.16 Å². The molecule has 0 spiro atoms. The predicted octanol–water partition coefficient (Wildman–Crippen LogP) is 3.99. The van der Waals surface area contributed by atoms with Gasteiger partial charge in [0.15, 0.2) is 5.76 Å². The van der Waals surface area contributed by atoms with Crippen molar-refractivity contribution in [2.45, 2.75) is 12.8 Å². The number of fused-ring (bicyclic) bond motifs is 1. The van der Waals surface area contributed by atoms with Crippen molar-refractivity contribution in [3.05, 3.63) is 42.1 Å². The Balaban J connectivity index is 1.91. The summed E-state index contributed by atoms with van der Waals surface area (Å²) in [4.78, 5) is 0. The first-order valence-electron chi connectivity index (χ1n) is 5.87. The van der Waals surface area contributed by atoms with Crippen LogP contribution in [0.3, 0.4) is 0 Å². The highest BCUT2D eigenvalue weighted by Gasteiger charge is 2.11. The molecule has 4 heteroatoms. The zero-order valence-corrected chi connectivity index (χ0v) is 9.73. The molecular formula is C14H12FNO2. The van der Waals surface area contributed by atoms with Gasteiger partial charge in [-0.05, 0) is 25.0 Å². The van der Waals surface area contributed by atoms with Gasteiger partial charge in [-0.1, -0.05) is 23.4 Å². The predicted molar refractivity (Wildman–Crippen MR) is 66.0 cm³/mol. The lowest BCUT2D eigenvalue weighted by Crippen LogP contribution is -1.85. The van der Waals surface area contributed by atoms with Crippen molar-refractivity contribution in [3.63, 3.8) is 0 Å². The molecule has 3 nitrogen and oxygen atoms in total. The molecule has 0 unspecified atom stereocenters. The molecule has 2 heterocycles. The Morgan fingerprint density at radius 3 is 2.83 bits per heavy atom. The largest absolute Gasteiger partial charge is 0.453 e. The van der Waals surface area contributed by atoms with Crippen LogP contribution >= 0.6 is 0 Å². The highest BCUT2D eigenvalue weighted by Crippen LogP contribution is 2.28. The summed E-state index contributed by atoms with van der Waals surface area (Å²) in [5.74, 6) is 1.23. The summed E-state index contributed by atoms with van der Waals surface area (Å²) >= 11 is 0. The molecule has 0 radical (unpaired) electrons. The fourth-order valence-corrected chi connectivity index (χ4v) is 1.90. The maximum atomic E-state index is 12.1. The first-order valence-corrected chi connectivity index (χ1v) is 5.87. The summed E-state index contributed by atoms with van der Waals surface area (Å²) < 4.78 is 22.9. The first-order chi connectivity index (χ1) is 8.86. The molecule has 0 bridgehead atoms. The molecule has 18 heavy (non-hydrogen) atoms. The molecule has 0 fully saturated rings. The number of hydrogen-bond donors (Lipinski definition) is 0. The van der Waals surface area contributed by atoms with Crippen molar-refractivity contribution in [3.8, 4) is 11.5 Å². The Labute approximate surface area is 103 Å². The van der Waals surface area contributed by atoms with E-state index in [-0.39, 0.29) is 6.67 Å². The molecule has 92 valence electrons. The van der Waals surface area contributed by atoms with Gasteiger partial charge in [0, 0.05) is 11.5 Å². The second-order valence-corrected chi connectivity index (χ2v) is 4.12. The molecular weight excluding hydrogens is 233 g/mol. The quantitative estimate of drug-likeness (QED) is 0.697.